The molecule has 0 atom stereocenters. The molecule has 2 aliphatic carbocycles. The standard InChI is InChI=1S/C15H18N2/c1-12-3-2-4-13(17-12)15-7-5-14(11-15,6-8-15)9-10-16/h2-4H,5-9,11H2,1H3. The Morgan fingerprint density at radius 1 is 1.29 bits per heavy atom. The molecule has 17 heavy (non-hydrogen) atoms. The molecule has 2 aliphatic rings. The largest absolute Gasteiger partial charge is 0.258 e. The molecule has 1 heterocycles. The maximum absolute atomic E-state index is 8.97. The minimum absolute atomic E-state index is 0.295. The van der Waals surface area contributed by atoms with Crippen molar-refractivity contribution < 1.29 is 0 Å². The van der Waals surface area contributed by atoms with E-state index in [0.717, 1.165) is 12.1 Å². The van der Waals surface area contributed by atoms with Gasteiger partial charge in [-0.15, -0.1) is 0 Å². The van der Waals surface area contributed by atoms with Gasteiger partial charge in [-0.25, -0.2) is 0 Å². The van der Waals surface area contributed by atoms with Gasteiger partial charge >= 0.3 is 0 Å². The van der Waals surface area contributed by atoms with E-state index in [1.165, 1.54) is 37.8 Å². The number of rotatable bonds is 2. The number of nitrogens with zero attached hydrogens (tertiary/aromatic N) is 2. The monoisotopic (exact) mass is 226 g/mol. The Hall–Kier alpha value is -1.36. The smallest absolute Gasteiger partial charge is 0.0627 e. The number of fused-ring (bicyclic) bond motifs is 2. The molecule has 0 aliphatic heterocycles. The van der Waals surface area contributed by atoms with Crippen molar-refractivity contribution in [3.05, 3.63) is 29.6 Å². The summed E-state index contributed by atoms with van der Waals surface area (Å²) in [5.74, 6) is 0. The van der Waals surface area contributed by atoms with Gasteiger partial charge in [0, 0.05) is 23.2 Å². The molecular formula is C15H18N2. The highest BCUT2D eigenvalue weighted by Crippen LogP contribution is 2.63. The average molecular weight is 226 g/mol. The zero-order valence-electron chi connectivity index (χ0n) is 10.4. The first-order valence-corrected chi connectivity index (χ1v) is 6.49. The first kappa shape index (κ1) is 10.8. The molecule has 3 rings (SSSR count). The predicted molar refractivity (Wildman–Crippen MR) is 66.4 cm³/mol. The van der Waals surface area contributed by atoms with Gasteiger partial charge in [0.25, 0.3) is 0 Å². The summed E-state index contributed by atoms with van der Waals surface area (Å²) in [4.78, 5) is 4.73. The molecule has 1 aromatic rings. The normalized spacial score (nSPS) is 34.8. The van der Waals surface area contributed by atoms with E-state index in [1.54, 1.807) is 0 Å². The minimum atomic E-state index is 0.295. The number of hydrogen-bond acceptors (Lipinski definition) is 2. The zero-order chi connectivity index (χ0) is 11.9. The van der Waals surface area contributed by atoms with Crippen molar-refractivity contribution in [2.24, 2.45) is 5.41 Å². The Morgan fingerprint density at radius 3 is 2.71 bits per heavy atom. The number of pyridine rings is 1. The molecule has 0 aromatic carbocycles. The van der Waals surface area contributed by atoms with Crippen molar-refractivity contribution >= 4 is 0 Å². The Balaban J connectivity index is 1.94. The average Bonchev–Trinajstić information content (AvgIpc) is 2.86. The molecule has 0 N–H and O–H groups in total. The first-order chi connectivity index (χ1) is 8.18. The lowest BCUT2D eigenvalue weighted by molar-refractivity contribution is 0.300. The fraction of sp³-hybridized carbons (Fsp3) is 0.600. The van der Waals surface area contributed by atoms with Crippen LogP contribution in [-0.2, 0) is 5.41 Å². The third kappa shape index (κ3) is 1.57. The van der Waals surface area contributed by atoms with Gasteiger partial charge in [-0.3, -0.25) is 4.98 Å². The summed E-state index contributed by atoms with van der Waals surface area (Å²) in [5.41, 5.74) is 3.00. The van der Waals surface area contributed by atoms with Crippen molar-refractivity contribution in [1.82, 2.24) is 4.98 Å². The molecular weight excluding hydrogens is 208 g/mol. The van der Waals surface area contributed by atoms with Crippen molar-refractivity contribution in [3.8, 4) is 6.07 Å². The van der Waals surface area contributed by atoms with E-state index in [4.69, 9.17) is 10.2 Å². The summed E-state index contributed by atoms with van der Waals surface area (Å²) in [6, 6.07) is 8.75. The van der Waals surface area contributed by atoms with Crippen molar-refractivity contribution in [2.75, 3.05) is 0 Å². The van der Waals surface area contributed by atoms with Crippen LogP contribution in [0.4, 0.5) is 0 Å². The van der Waals surface area contributed by atoms with Crippen LogP contribution in [-0.4, -0.2) is 4.98 Å². The van der Waals surface area contributed by atoms with Crippen LogP contribution in [0.5, 0.6) is 0 Å². The van der Waals surface area contributed by atoms with Gasteiger partial charge in [-0.1, -0.05) is 6.07 Å². The highest BCUT2D eigenvalue weighted by atomic mass is 14.8. The van der Waals surface area contributed by atoms with Crippen LogP contribution in [0.25, 0.3) is 0 Å². The molecule has 2 nitrogen and oxygen atoms in total. The number of nitriles is 1. The molecule has 0 spiro atoms. The Labute approximate surface area is 103 Å². The molecule has 2 saturated carbocycles. The van der Waals surface area contributed by atoms with E-state index in [2.05, 4.69) is 31.2 Å². The molecule has 0 saturated heterocycles. The van der Waals surface area contributed by atoms with Crippen molar-refractivity contribution in [3.63, 3.8) is 0 Å². The molecule has 2 fully saturated rings. The topological polar surface area (TPSA) is 36.7 Å². The van der Waals surface area contributed by atoms with Gasteiger partial charge in [0.15, 0.2) is 0 Å². The van der Waals surface area contributed by atoms with Gasteiger partial charge in [-0.2, -0.15) is 5.26 Å². The lowest BCUT2D eigenvalue weighted by Crippen LogP contribution is -2.21. The summed E-state index contributed by atoms with van der Waals surface area (Å²) in [5, 5.41) is 8.97. The van der Waals surface area contributed by atoms with E-state index in [9.17, 15) is 0 Å². The van der Waals surface area contributed by atoms with Crippen LogP contribution in [0.3, 0.4) is 0 Å². The van der Waals surface area contributed by atoms with E-state index >= 15 is 0 Å². The molecule has 0 radical (unpaired) electrons. The summed E-state index contributed by atoms with van der Waals surface area (Å²) < 4.78 is 0. The summed E-state index contributed by atoms with van der Waals surface area (Å²) in [6.07, 6.45) is 6.81. The first-order valence-electron chi connectivity index (χ1n) is 6.49. The third-order valence-electron chi connectivity index (χ3n) is 4.87. The second kappa shape index (κ2) is 3.57. The second-order valence-corrected chi connectivity index (χ2v) is 5.96. The summed E-state index contributed by atoms with van der Waals surface area (Å²) in [6.45, 7) is 2.06. The van der Waals surface area contributed by atoms with Gasteiger partial charge in [0.05, 0.1) is 6.07 Å². The maximum atomic E-state index is 8.97. The van der Waals surface area contributed by atoms with Crippen molar-refractivity contribution in [1.29, 1.82) is 5.26 Å². The van der Waals surface area contributed by atoms with Crippen LogP contribution in [0.1, 0.15) is 49.9 Å². The summed E-state index contributed by atoms with van der Waals surface area (Å²) >= 11 is 0. The predicted octanol–water partition coefficient (Wildman–Crippen LogP) is 3.51. The van der Waals surface area contributed by atoms with Gasteiger partial charge in [0.1, 0.15) is 0 Å². The number of hydrogen-bond donors (Lipinski definition) is 0. The maximum Gasteiger partial charge on any atom is 0.0627 e. The van der Waals surface area contributed by atoms with Crippen LogP contribution >= 0.6 is 0 Å². The third-order valence-corrected chi connectivity index (χ3v) is 4.87. The molecule has 2 bridgehead atoms. The van der Waals surface area contributed by atoms with Crippen LogP contribution in [0.15, 0.2) is 18.2 Å². The van der Waals surface area contributed by atoms with Gasteiger partial charge in [0.2, 0.25) is 0 Å². The Morgan fingerprint density at radius 2 is 2.06 bits per heavy atom. The van der Waals surface area contributed by atoms with E-state index in [0.29, 0.717) is 10.8 Å². The lowest BCUT2D eigenvalue weighted by atomic mass is 9.79. The van der Waals surface area contributed by atoms with Crippen molar-refractivity contribution in [2.45, 2.75) is 50.9 Å². The molecule has 88 valence electrons. The van der Waals surface area contributed by atoms with E-state index < -0.39 is 0 Å². The Kier molecular flexibility index (Phi) is 2.26. The zero-order valence-corrected chi connectivity index (χ0v) is 10.4. The highest BCUT2D eigenvalue weighted by molar-refractivity contribution is 5.26. The fourth-order valence-electron chi connectivity index (χ4n) is 3.92. The highest BCUT2D eigenvalue weighted by Gasteiger charge is 2.55. The van der Waals surface area contributed by atoms with Crippen LogP contribution in [0, 0.1) is 23.7 Å². The SMILES string of the molecule is Cc1cccc(C23CCC(CC#N)(CC2)C3)n1. The number of aromatic nitrogens is 1. The van der Waals surface area contributed by atoms with Crippen LogP contribution < -0.4 is 0 Å². The molecule has 0 unspecified atom stereocenters. The Bertz CT molecular complexity index is 476. The quantitative estimate of drug-likeness (QED) is 0.773. The fourth-order valence-corrected chi connectivity index (χ4v) is 3.92. The number of aryl methyl sites for hydroxylation is 1. The van der Waals surface area contributed by atoms with E-state index in [1.807, 2.05) is 0 Å². The molecule has 1 aromatic heterocycles. The van der Waals surface area contributed by atoms with Gasteiger partial charge < -0.3 is 0 Å². The van der Waals surface area contributed by atoms with Crippen LogP contribution in [0.2, 0.25) is 0 Å². The second-order valence-electron chi connectivity index (χ2n) is 5.96. The van der Waals surface area contributed by atoms with E-state index in [-0.39, 0.29) is 0 Å². The minimum Gasteiger partial charge on any atom is -0.258 e. The summed E-state index contributed by atoms with van der Waals surface area (Å²) in [7, 11) is 0. The molecule has 2 heteroatoms. The molecule has 0 amide bonds. The van der Waals surface area contributed by atoms with Gasteiger partial charge in [-0.05, 0) is 56.6 Å². The lowest BCUT2D eigenvalue weighted by Gasteiger charge is -2.26.